The van der Waals surface area contributed by atoms with Crippen LogP contribution in [0.15, 0.2) is 0 Å². The molecule has 0 aromatic rings. The van der Waals surface area contributed by atoms with E-state index < -0.39 is 0 Å². The number of carbonyl (C=O) groups is 1. The molecule has 0 atom stereocenters. The molecule has 1 aliphatic rings. The lowest BCUT2D eigenvalue weighted by Crippen LogP contribution is -2.44. The Labute approximate surface area is 111 Å². The summed E-state index contributed by atoms with van der Waals surface area (Å²) in [6, 6.07) is 0.752. The van der Waals surface area contributed by atoms with Crippen molar-refractivity contribution in [1.82, 2.24) is 4.90 Å². The Hall–Kier alpha value is -0.610. The van der Waals surface area contributed by atoms with Crippen LogP contribution in [-0.4, -0.2) is 42.6 Å². The molecule has 0 radical (unpaired) electrons. The van der Waals surface area contributed by atoms with Crippen LogP contribution in [0.1, 0.15) is 52.4 Å². The molecule has 2 N–H and O–H groups in total. The van der Waals surface area contributed by atoms with E-state index in [1.54, 1.807) is 0 Å². The summed E-state index contributed by atoms with van der Waals surface area (Å²) < 4.78 is 5.27. The van der Waals surface area contributed by atoms with E-state index in [2.05, 4.69) is 6.92 Å². The first-order valence-electron chi connectivity index (χ1n) is 7.31. The summed E-state index contributed by atoms with van der Waals surface area (Å²) in [5, 5.41) is 0. The number of rotatable bonds is 7. The Morgan fingerprint density at radius 2 is 1.94 bits per heavy atom. The summed E-state index contributed by atoms with van der Waals surface area (Å²) in [6.45, 7) is 6.27. The van der Waals surface area contributed by atoms with Crippen molar-refractivity contribution in [3.63, 3.8) is 0 Å². The Kier molecular flexibility index (Phi) is 7.28. The minimum atomic E-state index is 0.276. The Morgan fingerprint density at radius 3 is 2.50 bits per heavy atom. The second-order valence-electron chi connectivity index (χ2n) is 5.05. The van der Waals surface area contributed by atoms with Crippen LogP contribution in [0.4, 0.5) is 0 Å². The Balaban J connectivity index is 2.32. The van der Waals surface area contributed by atoms with Gasteiger partial charge < -0.3 is 15.4 Å². The number of hydrogen-bond donors (Lipinski definition) is 1. The van der Waals surface area contributed by atoms with Crippen molar-refractivity contribution in [3.05, 3.63) is 0 Å². The van der Waals surface area contributed by atoms with Gasteiger partial charge in [0.2, 0.25) is 5.91 Å². The molecule has 4 nitrogen and oxygen atoms in total. The van der Waals surface area contributed by atoms with E-state index in [4.69, 9.17) is 10.5 Å². The average Bonchev–Trinajstić information content (AvgIpc) is 2.38. The molecule has 1 aliphatic carbocycles. The fourth-order valence-electron chi connectivity index (χ4n) is 2.66. The topological polar surface area (TPSA) is 55.6 Å². The van der Waals surface area contributed by atoms with Gasteiger partial charge in [-0.25, -0.2) is 0 Å². The quantitative estimate of drug-likeness (QED) is 0.708. The summed E-state index contributed by atoms with van der Waals surface area (Å²) >= 11 is 0. The first kappa shape index (κ1) is 15.4. The highest BCUT2D eigenvalue weighted by atomic mass is 16.5. The second-order valence-corrected chi connectivity index (χ2v) is 5.05. The summed E-state index contributed by atoms with van der Waals surface area (Å²) in [4.78, 5) is 14.2. The highest BCUT2D eigenvalue weighted by molar-refractivity contribution is 5.76. The third kappa shape index (κ3) is 4.94. The van der Waals surface area contributed by atoms with Gasteiger partial charge in [-0.3, -0.25) is 4.79 Å². The summed E-state index contributed by atoms with van der Waals surface area (Å²) in [7, 11) is 0. The third-order valence-corrected chi connectivity index (χ3v) is 3.73. The molecule has 0 unspecified atom stereocenters. The summed E-state index contributed by atoms with van der Waals surface area (Å²) in [6.07, 6.45) is 5.66. The number of ether oxygens (including phenoxy) is 1. The number of nitrogens with two attached hydrogens (primary N) is 1. The molecule has 0 aliphatic heterocycles. The van der Waals surface area contributed by atoms with E-state index in [0.29, 0.717) is 25.1 Å². The molecule has 0 heterocycles. The van der Waals surface area contributed by atoms with E-state index in [1.807, 2.05) is 11.8 Å². The minimum absolute atomic E-state index is 0.276. The maximum Gasteiger partial charge on any atom is 0.222 e. The van der Waals surface area contributed by atoms with E-state index >= 15 is 0 Å². The molecule has 0 spiro atoms. The fourth-order valence-corrected chi connectivity index (χ4v) is 2.66. The zero-order valence-electron chi connectivity index (χ0n) is 11.9. The Bertz CT molecular complexity index is 238. The van der Waals surface area contributed by atoms with Crippen LogP contribution in [0.3, 0.4) is 0 Å². The molecule has 106 valence electrons. The van der Waals surface area contributed by atoms with Crippen molar-refractivity contribution in [2.45, 2.75) is 64.5 Å². The van der Waals surface area contributed by atoms with Crippen molar-refractivity contribution < 1.29 is 9.53 Å². The van der Waals surface area contributed by atoms with E-state index in [9.17, 15) is 4.79 Å². The zero-order valence-corrected chi connectivity index (χ0v) is 11.9. The molecule has 1 saturated carbocycles. The monoisotopic (exact) mass is 256 g/mol. The van der Waals surface area contributed by atoms with Crippen LogP contribution in [0.2, 0.25) is 0 Å². The fraction of sp³-hybridized carbons (Fsp3) is 0.929. The minimum Gasteiger partial charge on any atom is -0.382 e. The predicted octanol–water partition coefficient (Wildman–Crippen LogP) is 1.92. The van der Waals surface area contributed by atoms with Crippen LogP contribution in [0.25, 0.3) is 0 Å². The SMILES string of the molecule is CCOCCCC(=O)N(CC)C1CCC(N)CC1. The largest absolute Gasteiger partial charge is 0.382 e. The van der Waals surface area contributed by atoms with Crippen LogP contribution in [0, 0.1) is 0 Å². The molecular weight excluding hydrogens is 228 g/mol. The molecule has 0 aromatic heterocycles. The van der Waals surface area contributed by atoms with Gasteiger partial charge in [-0.15, -0.1) is 0 Å². The second kappa shape index (κ2) is 8.48. The summed E-state index contributed by atoms with van der Waals surface area (Å²) in [5.41, 5.74) is 5.91. The molecule has 0 aromatic carbocycles. The normalized spacial score (nSPS) is 23.9. The van der Waals surface area contributed by atoms with E-state index in [0.717, 1.165) is 45.3 Å². The van der Waals surface area contributed by atoms with Gasteiger partial charge in [0, 0.05) is 38.3 Å². The maximum absolute atomic E-state index is 12.2. The molecule has 1 fully saturated rings. The number of nitrogens with zero attached hydrogens (tertiary/aromatic N) is 1. The van der Waals surface area contributed by atoms with Crippen molar-refractivity contribution in [3.8, 4) is 0 Å². The molecular formula is C14H28N2O2. The van der Waals surface area contributed by atoms with Gasteiger partial charge in [-0.05, 0) is 46.0 Å². The maximum atomic E-state index is 12.2. The van der Waals surface area contributed by atoms with Gasteiger partial charge >= 0.3 is 0 Å². The highest BCUT2D eigenvalue weighted by Gasteiger charge is 2.26. The summed E-state index contributed by atoms with van der Waals surface area (Å²) in [5.74, 6) is 0.276. The first-order chi connectivity index (χ1) is 8.69. The van der Waals surface area contributed by atoms with Crippen LogP contribution >= 0.6 is 0 Å². The van der Waals surface area contributed by atoms with Crippen LogP contribution < -0.4 is 5.73 Å². The first-order valence-corrected chi connectivity index (χ1v) is 7.31. The van der Waals surface area contributed by atoms with Crippen LogP contribution in [-0.2, 0) is 9.53 Å². The van der Waals surface area contributed by atoms with Gasteiger partial charge in [0.05, 0.1) is 0 Å². The van der Waals surface area contributed by atoms with Crippen LogP contribution in [0.5, 0.6) is 0 Å². The van der Waals surface area contributed by atoms with E-state index in [1.165, 1.54) is 0 Å². The molecule has 0 bridgehead atoms. The zero-order chi connectivity index (χ0) is 13.4. The van der Waals surface area contributed by atoms with Crippen molar-refractivity contribution in [2.75, 3.05) is 19.8 Å². The molecule has 4 heteroatoms. The highest BCUT2D eigenvalue weighted by Crippen LogP contribution is 2.22. The lowest BCUT2D eigenvalue weighted by molar-refractivity contribution is -0.134. The van der Waals surface area contributed by atoms with Crippen molar-refractivity contribution in [2.24, 2.45) is 5.73 Å². The average molecular weight is 256 g/mol. The molecule has 0 saturated heterocycles. The lowest BCUT2D eigenvalue weighted by Gasteiger charge is -2.35. The van der Waals surface area contributed by atoms with Gasteiger partial charge in [0.15, 0.2) is 0 Å². The number of carbonyl (C=O) groups excluding carboxylic acids is 1. The van der Waals surface area contributed by atoms with E-state index in [-0.39, 0.29) is 5.91 Å². The third-order valence-electron chi connectivity index (χ3n) is 3.73. The standard InChI is InChI=1S/C14H28N2O2/c1-3-16(13-9-7-12(15)8-10-13)14(17)6-5-11-18-4-2/h12-13H,3-11,15H2,1-2H3. The number of hydrogen-bond acceptors (Lipinski definition) is 3. The van der Waals surface area contributed by atoms with Gasteiger partial charge in [-0.2, -0.15) is 0 Å². The number of amides is 1. The van der Waals surface area contributed by atoms with Crippen molar-refractivity contribution in [1.29, 1.82) is 0 Å². The van der Waals surface area contributed by atoms with Gasteiger partial charge in [-0.1, -0.05) is 0 Å². The molecule has 1 rings (SSSR count). The molecule has 18 heavy (non-hydrogen) atoms. The molecule has 1 amide bonds. The smallest absolute Gasteiger partial charge is 0.222 e. The van der Waals surface area contributed by atoms with Gasteiger partial charge in [0.1, 0.15) is 0 Å². The lowest BCUT2D eigenvalue weighted by atomic mass is 9.90. The van der Waals surface area contributed by atoms with Gasteiger partial charge in [0.25, 0.3) is 0 Å². The Morgan fingerprint density at radius 1 is 1.28 bits per heavy atom. The van der Waals surface area contributed by atoms with Crippen molar-refractivity contribution >= 4 is 5.91 Å². The predicted molar refractivity (Wildman–Crippen MR) is 73.3 cm³/mol.